The van der Waals surface area contributed by atoms with Gasteiger partial charge < -0.3 is 29.9 Å². The molecule has 2 aromatic rings. The molecule has 0 aliphatic carbocycles. The fourth-order valence-electron chi connectivity index (χ4n) is 5.30. The fraction of sp³-hybridized carbons (Fsp3) is 0.600. The maximum Gasteiger partial charge on any atom is 0.251 e. The summed E-state index contributed by atoms with van der Waals surface area (Å²) in [7, 11) is 1.53. The van der Waals surface area contributed by atoms with Gasteiger partial charge in [-0.25, -0.2) is 9.67 Å². The number of likely N-dealkylation sites (tertiary alicyclic amines) is 1. The Morgan fingerprint density at radius 1 is 1.12 bits per heavy atom. The molecule has 43 heavy (non-hydrogen) atoms. The van der Waals surface area contributed by atoms with E-state index in [0.717, 1.165) is 19.3 Å². The highest BCUT2D eigenvalue weighted by atomic mass is 16.5. The standard InChI is InChI=1S/C30H43N7O6/c1-20(2)28-29-32-21(3)34-37(29)15-16-43-24-17-22(10-11-23(24)42-4)30(41)31-12-8-14-35(18-25(38)33-28)27(40)19-36-13-7-5-6-9-26(36)39/h10-11,17,20,28H,5-9,12-16,18-19H2,1-4H3,(H,31,41)(H,33,38)/t28-/m0/s1. The molecule has 3 heterocycles. The first kappa shape index (κ1) is 31.8. The van der Waals surface area contributed by atoms with Crippen LogP contribution < -0.4 is 20.1 Å². The maximum atomic E-state index is 13.5. The summed E-state index contributed by atoms with van der Waals surface area (Å²) in [6, 6.07) is 4.51. The lowest BCUT2D eigenvalue weighted by Gasteiger charge is -2.28. The number of hydrogen-bond acceptors (Lipinski definition) is 8. The molecule has 13 nitrogen and oxygen atoms in total. The molecule has 1 aromatic carbocycles. The number of hydrogen-bond donors (Lipinski definition) is 2. The molecule has 1 aromatic heterocycles. The van der Waals surface area contributed by atoms with Crippen LogP contribution in [-0.4, -0.2) is 94.6 Å². The van der Waals surface area contributed by atoms with E-state index in [4.69, 9.17) is 9.47 Å². The first-order valence-electron chi connectivity index (χ1n) is 15.0. The highest BCUT2D eigenvalue weighted by molar-refractivity contribution is 5.95. The van der Waals surface area contributed by atoms with E-state index in [0.29, 0.717) is 54.6 Å². The number of nitrogens with zero attached hydrogens (tertiary/aromatic N) is 5. The summed E-state index contributed by atoms with van der Waals surface area (Å²) in [6.07, 6.45) is 3.45. The van der Waals surface area contributed by atoms with Crippen LogP contribution in [-0.2, 0) is 20.9 Å². The molecule has 4 rings (SSSR count). The van der Waals surface area contributed by atoms with Gasteiger partial charge in [-0.3, -0.25) is 19.2 Å². The molecule has 2 bridgehead atoms. The minimum absolute atomic E-state index is 0.0244. The highest BCUT2D eigenvalue weighted by Crippen LogP contribution is 2.28. The van der Waals surface area contributed by atoms with E-state index in [9.17, 15) is 19.2 Å². The Morgan fingerprint density at radius 2 is 1.93 bits per heavy atom. The van der Waals surface area contributed by atoms with Crippen LogP contribution in [0.25, 0.3) is 0 Å². The number of aryl methyl sites for hydroxylation is 1. The molecule has 13 heteroatoms. The van der Waals surface area contributed by atoms with Crippen LogP contribution in [0.4, 0.5) is 0 Å². The third-order valence-electron chi connectivity index (χ3n) is 7.63. The molecule has 234 valence electrons. The van der Waals surface area contributed by atoms with E-state index in [1.807, 2.05) is 13.8 Å². The molecule has 4 amide bonds. The van der Waals surface area contributed by atoms with E-state index in [-0.39, 0.29) is 62.3 Å². The summed E-state index contributed by atoms with van der Waals surface area (Å²) < 4.78 is 13.2. The summed E-state index contributed by atoms with van der Waals surface area (Å²) in [4.78, 5) is 60.0. The van der Waals surface area contributed by atoms with Gasteiger partial charge in [0, 0.05) is 31.6 Å². The summed E-state index contributed by atoms with van der Waals surface area (Å²) in [5, 5.41) is 10.5. The van der Waals surface area contributed by atoms with Crippen LogP contribution in [0, 0.1) is 12.8 Å². The van der Waals surface area contributed by atoms with Crippen LogP contribution in [0.3, 0.4) is 0 Å². The minimum atomic E-state index is -0.464. The SMILES string of the molecule is COc1ccc2cc1OCCn1nc(C)nc1[C@H](C(C)C)NC(=O)CN(C(=O)CN1CCCCCC1=O)CCCNC2=O. The number of fused-ring (bicyclic) bond motifs is 3. The Labute approximate surface area is 252 Å². The van der Waals surface area contributed by atoms with Crippen molar-refractivity contribution in [1.82, 2.24) is 35.2 Å². The number of methoxy groups -OCH3 is 1. The molecule has 2 aliphatic heterocycles. The maximum absolute atomic E-state index is 13.5. The van der Waals surface area contributed by atoms with Gasteiger partial charge in [0.05, 0.1) is 32.8 Å². The van der Waals surface area contributed by atoms with Gasteiger partial charge in [-0.05, 0) is 50.3 Å². The van der Waals surface area contributed by atoms with E-state index in [1.54, 1.807) is 34.7 Å². The molecule has 1 saturated heterocycles. The number of nitrogens with one attached hydrogen (secondary N) is 2. The second-order valence-electron chi connectivity index (χ2n) is 11.3. The van der Waals surface area contributed by atoms with Crippen LogP contribution in [0.5, 0.6) is 11.5 Å². The Hall–Kier alpha value is -4.16. The van der Waals surface area contributed by atoms with Crippen molar-refractivity contribution < 1.29 is 28.7 Å². The number of amides is 4. The Morgan fingerprint density at radius 3 is 2.70 bits per heavy atom. The lowest BCUT2D eigenvalue weighted by atomic mass is 10.0. The Balaban J connectivity index is 1.60. The summed E-state index contributed by atoms with van der Waals surface area (Å²) in [6.45, 7) is 7.08. The number of aromatic nitrogens is 3. The van der Waals surface area contributed by atoms with Gasteiger partial charge in [0.25, 0.3) is 5.91 Å². The van der Waals surface area contributed by atoms with Crippen molar-refractivity contribution in [3.63, 3.8) is 0 Å². The molecule has 2 N–H and O–H groups in total. The van der Waals surface area contributed by atoms with Crippen molar-refractivity contribution in [2.24, 2.45) is 5.92 Å². The largest absolute Gasteiger partial charge is 0.493 e. The minimum Gasteiger partial charge on any atom is -0.493 e. The van der Waals surface area contributed by atoms with E-state index in [2.05, 4.69) is 20.7 Å². The van der Waals surface area contributed by atoms with Gasteiger partial charge in [-0.15, -0.1) is 0 Å². The summed E-state index contributed by atoms with van der Waals surface area (Å²) >= 11 is 0. The van der Waals surface area contributed by atoms with Crippen LogP contribution in [0.1, 0.15) is 74.0 Å². The van der Waals surface area contributed by atoms with Crippen molar-refractivity contribution in [2.75, 3.05) is 46.4 Å². The van der Waals surface area contributed by atoms with Gasteiger partial charge in [0.1, 0.15) is 18.3 Å². The lowest BCUT2D eigenvalue weighted by Crippen LogP contribution is -2.48. The van der Waals surface area contributed by atoms with Crippen LogP contribution in [0.15, 0.2) is 18.2 Å². The predicted octanol–water partition coefficient (Wildman–Crippen LogP) is 1.85. The lowest BCUT2D eigenvalue weighted by molar-refractivity contribution is -0.142. The number of carbonyl (C=O) groups is 4. The quantitative estimate of drug-likeness (QED) is 0.543. The third-order valence-corrected chi connectivity index (χ3v) is 7.63. The van der Waals surface area contributed by atoms with Gasteiger partial charge >= 0.3 is 0 Å². The molecule has 0 unspecified atom stereocenters. The van der Waals surface area contributed by atoms with Gasteiger partial charge in [0.2, 0.25) is 17.7 Å². The number of rotatable bonds is 4. The fourth-order valence-corrected chi connectivity index (χ4v) is 5.30. The van der Waals surface area contributed by atoms with Crippen molar-refractivity contribution >= 4 is 23.6 Å². The zero-order chi connectivity index (χ0) is 30.9. The van der Waals surface area contributed by atoms with Crippen molar-refractivity contribution in [3.8, 4) is 11.5 Å². The molecule has 1 atom stereocenters. The normalized spacial score (nSPS) is 19.4. The second-order valence-corrected chi connectivity index (χ2v) is 11.3. The Bertz CT molecular complexity index is 1310. The third kappa shape index (κ3) is 8.45. The zero-order valence-electron chi connectivity index (χ0n) is 25.6. The monoisotopic (exact) mass is 597 g/mol. The first-order chi connectivity index (χ1) is 20.7. The smallest absolute Gasteiger partial charge is 0.251 e. The average Bonchev–Trinajstić information content (AvgIpc) is 3.22. The average molecular weight is 598 g/mol. The van der Waals surface area contributed by atoms with Crippen molar-refractivity contribution in [1.29, 1.82) is 0 Å². The summed E-state index contributed by atoms with van der Waals surface area (Å²) in [5.41, 5.74) is 0.404. The molecule has 1 fully saturated rings. The van der Waals surface area contributed by atoms with Crippen LogP contribution in [0.2, 0.25) is 0 Å². The second kappa shape index (κ2) is 14.8. The molecule has 2 aliphatic rings. The highest BCUT2D eigenvalue weighted by Gasteiger charge is 2.28. The topological polar surface area (TPSA) is 148 Å². The zero-order valence-corrected chi connectivity index (χ0v) is 25.6. The molecule has 0 radical (unpaired) electrons. The molecular weight excluding hydrogens is 554 g/mol. The molecule has 0 saturated carbocycles. The van der Waals surface area contributed by atoms with Gasteiger partial charge in [0.15, 0.2) is 11.5 Å². The van der Waals surface area contributed by atoms with Crippen LogP contribution >= 0.6 is 0 Å². The van der Waals surface area contributed by atoms with E-state index in [1.165, 1.54) is 12.0 Å². The number of carbonyl (C=O) groups excluding carboxylic acids is 4. The first-order valence-corrected chi connectivity index (χ1v) is 15.0. The van der Waals surface area contributed by atoms with Gasteiger partial charge in [-0.2, -0.15) is 5.10 Å². The Kier molecular flexibility index (Phi) is 11.0. The summed E-state index contributed by atoms with van der Waals surface area (Å²) in [5.74, 6) is 1.03. The van der Waals surface area contributed by atoms with E-state index >= 15 is 0 Å². The molecular formula is C30H43N7O6. The number of ether oxygens (including phenoxy) is 2. The van der Waals surface area contributed by atoms with Crippen molar-refractivity contribution in [3.05, 3.63) is 35.4 Å². The molecule has 0 spiro atoms. The predicted molar refractivity (Wildman–Crippen MR) is 158 cm³/mol. The van der Waals surface area contributed by atoms with Crippen molar-refractivity contribution in [2.45, 2.75) is 65.5 Å². The number of benzene rings is 1. The van der Waals surface area contributed by atoms with Gasteiger partial charge in [-0.1, -0.05) is 20.3 Å². The van der Waals surface area contributed by atoms with E-state index < -0.39 is 6.04 Å².